The first-order valence-corrected chi connectivity index (χ1v) is 10.9. The zero-order chi connectivity index (χ0) is 21.3. The van der Waals surface area contributed by atoms with Crippen molar-refractivity contribution < 1.29 is 13.2 Å². The molecule has 0 radical (unpaired) electrons. The normalized spacial score (nSPS) is 11.5. The number of carbonyl (C=O) groups excluding carboxylic acids is 1. The fourth-order valence-electron chi connectivity index (χ4n) is 3.01. The molecular formula is C21H17ClN4O3S. The molecular weight excluding hydrogens is 424 g/mol. The van der Waals surface area contributed by atoms with Crippen LogP contribution in [0.2, 0.25) is 5.02 Å². The zero-order valence-electron chi connectivity index (χ0n) is 15.9. The highest BCUT2D eigenvalue weighted by atomic mass is 35.5. The van der Waals surface area contributed by atoms with Crippen LogP contribution in [0, 0.1) is 6.92 Å². The molecule has 0 fully saturated rings. The third-order valence-corrected chi connectivity index (χ3v) is 7.03. The minimum Gasteiger partial charge on any atom is -0.348 e. The average molecular weight is 441 g/mol. The second kappa shape index (κ2) is 7.89. The molecule has 0 aliphatic heterocycles. The van der Waals surface area contributed by atoms with Crippen LogP contribution in [0.5, 0.6) is 0 Å². The number of sulfone groups is 1. The molecule has 0 bridgehead atoms. The Labute approximate surface area is 178 Å². The topological polar surface area (TPSA) is 93.4 Å². The summed E-state index contributed by atoms with van der Waals surface area (Å²) in [6.07, 6.45) is 6.42. The lowest BCUT2D eigenvalue weighted by molar-refractivity contribution is 0.0950. The van der Waals surface area contributed by atoms with Crippen molar-refractivity contribution in [3.05, 3.63) is 89.0 Å². The largest absolute Gasteiger partial charge is 0.348 e. The summed E-state index contributed by atoms with van der Waals surface area (Å²) in [6.45, 7) is 1.92. The van der Waals surface area contributed by atoms with Crippen LogP contribution < -0.4 is 5.32 Å². The van der Waals surface area contributed by atoms with Gasteiger partial charge < -0.3 is 5.32 Å². The van der Waals surface area contributed by atoms with Gasteiger partial charge in [0.05, 0.1) is 15.4 Å². The molecule has 0 atom stereocenters. The Morgan fingerprint density at radius 2 is 1.90 bits per heavy atom. The second-order valence-corrected chi connectivity index (χ2v) is 9.00. The van der Waals surface area contributed by atoms with Gasteiger partial charge in [0.1, 0.15) is 0 Å². The molecule has 4 aromatic rings. The van der Waals surface area contributed by atoms with Crippen molar-refractivity contribution in [1.29, 1.82) is 0 Å². The lowest BCUT2D eigenvalue weighted by Crippen LogP contribution is -2.23. The van der Waals surface area contributed by atoms with Crippen molar-refractivity contribution in [3.8, 4) is 0 Å². The molecule has 30 heavy (non-hydrogen) atoms. The molecule has 2 aromatic heterocycles. The van der Waals surface area contributed by atoms with Gasteiger partial charge in [0, 0.05) is 36.4 Å². The lowest BCUT2D eigenvalue weighted by atomic mass is 10.2. The van der Waals surface area contributed by atoms with Gasteiger partial charge in [-0.05, 0) is 42.3 Å². The van der Waals surface area contributed by atoms with Gasteiger partial charge in [0.25, 0.3) is 5.91 Å². The predicted octanol–water partition coefficient (Wildman–Crippen LogP) is 3.45. The van der Waals surface area contributed by atoms with Crippen molar-refractivity contribution in [2.75, 3.05) is 0 Å². The Morgan fingerprint density at radius 3 is 2.67 bits per heavy atom. The van der Waals surface area contributed by atoms with Gasteiger partial charge in [-0.1, -0.05) is 29.8 Å². The van der Waals surface area contributed by atoms with Gasteiger partial charge in [-0.25, -0.2) is 18.4 Å². The van der Waals surface area contributed by atoms with Crippen molar-refractivity contribution in [3.63, 3.8) is 0 Å². The number of nitrogens with one attached hydrogen (secondary N) is 1. The number of hydrogen-bond acceptors (Lipinski definition) is 5. The third-order valence-electron chi connectivity index (χ3n) is 4.70. The number of fused-ring (bicyclic) bond motifs is 1. The minimum atomic E-state index is -3.69. The molecule has 1 N–H and O–H groups in total. The van der Waals surface area contributed by atoms with E-state index < -0.39 is 9.84 Å². The first-order chi connectivity index (χ1) is 14.4. The molecule has 0 aliphatic carbocycles. The van der Waals surface area contributed by atoms with E-state index in [9.17, 15) is 13.2 Å². The van der Waals surface area contributed by atoms with Crippen LogP contribution in [-0.4, -0.2) is 28.7 Å². The molecule has 7 nitrogen and oxygen atoms in total. The summed E-state index contributed by atoms with van der Waals surface area (Å²) in [7, 11) is -3.69. The number of hydrogen-bond donors (Lipinski definition) is 1. The van der Waals surface area contributed by atoms with E-state index in [1.807, 2.05) is 0 Å². The highest BCUT2D eigenvalue weighted by Gasteiger charge is 2.20. The van der Waals surface area contributed by atoms with Crippen molar-refractivity contribution in [2.45, 2.75) is 23.3 Å². The molecule has 0 aliphatic rings. The Bertz CT molecular complexity index is 1350. The molecule has 9 heteroatoms. The molecule has 0 unspecified atom stereocenters. The van der Waals surface area contributed by atoms with Crippen molar-refractivity contribution in [2.24, 2.45) is 0 Å². The van der Waals surface area contributed by atoms with E-state index in [0.29, 0.717) is 21.9 Å². The maximum Gasteiger partial charge on any atom is 0.254 e. The second-order valence-electron chi connectivity index (χ2n) is 6.67. The van der Waals surface area contributed by atoms with Crippen LogP contribution in [0.3, 0.4) is 0 Å². The number of halogens is 1. The van der Waals surface area contributed by atoms with E-state index in [4.69, 9.17) is 11.6 Å². The summed E-state index contributed by atoms with van der Waals surface area (Å²) >= 11 is 6.07. The highest BCUT2D eigenvalue weighted by Crippen LogP contribution is 2.28. The molecule has 2 aromatic carbocycles. The van der Waals surface area contributed by atoms with Gasteiger partial charge in [-0.2, -0.15) is 0 Å². The standard InChI is InChI=1S/C21H17ClN4O3S/c1-14-18(22)3-2-4-19(14)30(28,29)17-7-5-15(6-8-17)11-24-20(27)16-12-25-21-23-9-10-26(21)13-16/h2-10,12-13H,11H2,1H3,(H,24,27). The summed E-state index contributed by atoms with van der Waals surface area (Å²) in [4.78, 5) is 20.9. The van der Waals surface area contributed by atoms with Gasteiger partial charge in [-0.3, -0.25) is 9.20 Å². The van der Waals surface area contributed by atoms with Gasteiger partial charge in [0.2, 0.25) is 15.6 Å². The number of rotatable bonds is 5. The molecule has 0 saturated carbocycles. The maximum atomic E-state index is 12.9. The molecule has 0 spiro atoms. The van der Waals surface area contributed by atoms with Crippen LogP contribution >= 0.6 is 11.6 Å². The van der Waals surface area contributed by atoms with E-state index in [2.05, 4.69) is 15.3 Å². The molecule has 0 saturated heterocycles. The first-order valence-electron chi connectivity index (χ1n) is 9.02. The van der Waals surface area contributed by atoms with Crippen molar-refractivity contribution >= 4 is 33.1 Å². The van der Waals surface area contributed by atoms with Crippen LogP contribution in [0.15, 0.2) is 77.0 Å². The number of carbonyl (C=O) groups is 1. The number of amides is 1. The average Bonchev–Trinajstić information content (AvgIpc) is 3.22. The minimum absolute atomic E-state index is 0.165. The Hall–Kier alpha value is -3.23. The Morgan fingerprint density at radius 1 is 1.13 bits per heavy atom. The van der Waals surface area contributed by atoms with Crippen LogP contribution in [0.1, 0.15) is 21.5 Å². The van der Waals surface area contributed by atoms with Crippen LogP contribution in [0.4, 0.5) is 0 Å². The Kier molecular flexibility index (Phi) is 5.27. The Balaban J connectivity index is 1.48. The number of aromatic nitrogens is 3. The van der Waals surface area contributed by atoms with Crippen LogP contribution in [-0.2, 0) is 16.4 Å². The highest BCUT2D eigenvalue weighted by molar-refractivity contribution is 7.91. The molecule has 152 valence electrons. The summed E-state index contributed by atoms with van der Waals surface area (Å²) in [5.74, 6) is 0.225. The fraction of sp³-hybridized carbons (Fsp3) is 0.0952. The van der Waals surface area contributed by atoms with E-state index in [1.165, 1.54) is 24.4 Å². The number of nitrogens with zero attached hydrogens (tertiary/aromatic N) is 3. The van der Waals surface area contributed by atoms with Crippen LogP contribution in [0.25, 0.3) is 5.78 Å². The summed E-state index contributed by atoms with van der Waals surface area (Å²) in [5.41, 5.74) is 1.68. The zero-order valence-corrected chi connectivity index (χ0v) is 17.5. The van der Waals surface area contributed by atoms with Gasteiger partial charge in [0.15, 0.2) is 0 Å². The first kappa shape index (κ1) is 20.1. The van der Waals surface area contributed by atoms with Gasteiger partial charge >= 0.3 is 0 Å². The molecule has 4 rings (SSSR count). The van der Waals surface area contributed by atoms with Crippen molar-refractivity contribution in [1.82, 2.24) is 19.7 Å². The third kappa shape index (κ3) is 3.79. The summed E-state index contributed by atoms with van der Waals surface area (Å²) in [6, 6.07) is 11.2. The fourth-order valence-corrected chi connectivity index (χ4v) is 4.76. The quantitative estimate of drug-likeness (QED) is 0.513. The van der Waals surface area contributed by atoms with Gasteiger partial charge in [-0.15, -0.1) is 0 Å². The van der Waals surface area contributed by atoms with E-state index >= 15 is 0 Å². The SMILES string of the molecule is Cc1c(Cl)cccc1S(=O)(=O)c1ccc(CNC(=O)c2cnc3nccn3c2)cc1. The predicted molar refractivity (Wildman–Crippen MR) is 112 cm³/mol. The maximum absolute atomic E-state index is 12.9. The van der Waals surface area contributed by atoms with E-state index in [-0.39, 0.29) is 22.2 Å². The number of benzene rings is 2. The van der Waals surface area contributed by atoms with E-state index in [1.54, 1.807) is 54.2 Å². The van der Waals surface area contributed by atoms with E-state index in [0.717, 1.165) is 5.56 Å². The monoisotopic (exact) mass is 440 g/mol. The number of imidazole rings is 1. The summed E-state index contributed by atoms with van der Waals surface area (Å²) < 4.78 is 27.5. The summed E-state index contributed by atoms with van der Waals surface area (Å²) in [5, 5.41) is 3.20. The molecule has 2 heterocycles. The smallest absolute Gasteiger partial charge is 0.254 e. The molecule has 1 amide bonds. The lowest BCUT2D eigenvalue weighted by Gasteiger charge is -2.10.